The quantitative estimate of drug-likeness (QED) is 0.667. The van der Waals surface area contributed by atoms with Gasteiger partial charge in [0.05, 0.1) is 22.3 Å². The number of nitrogens with one attached hydrogen (secondary N) is 2. The molecule has 0 radical (unpaired) electrons. The lowest BCUT2D eigenvalue weighted by Gasteiger charge is -2.15. The van der Waals surface area contributed by atoms with Crippen LogP contribution in [0.4, 0.5) is 5.69 Å². The predicted molar refractivity (Wildman–Crippen MR) is 107 cm³/mol. The summed E-state index contributed by atoms with van der Waals surface area (Å²) < 4.78 is 26.6. The number of aromatic amines is 1. The van der Waals surface area contributed by atoms with Crippen molar-refractivity contribution in [3.05, 3.63) is 54.2 Å². The number of benzene rings is 2. The Hall–Kier alpha value is -2.71. The molecule has 28 heavy (non-hydrogen) atoms. The van der Waals surface area contributed by atoms with Crippen LogP contribution >= 0.6 is 0 Å². The summed E-state index contributed by atoms with van der Waals surface area (Å²) in [7, 11) is -3.40. The van der Waals surface area contributed by atoms with E-state index in [4.69, 9.17) is 0 Å². The number of hydrogen-bond acceptors (Lipinski definition) is 4. The third-order valence-electron chi connectivity index (χ3n) is 5.02. The van der Waals surface area contributed by atoms with Gasteiger partial charge in [-0.25, -0.2) is 8.42 Å². The Bertz CT molecular complexity index is 1080. The molecule has 1 aromatic heterocycles. The molecule has 0 atom stereocenters. The average Bonchev–Trinajstić information content (AvgIpc) is 3.39. The Kier molecular flexibility index (Phi) is 5.15. The molecule has 1 amide bonds. The first-order chi connectivity index (χ1) is 13.5. The van der Waals surface area contributed by atoms with Crippen LogP contribution in [-0.2, 0) is 21.2 Å². The van der Waals surface area contributed by atoms with Gasteiger partial charge in [0.2, 0.25) is 15.9 Å². The van der Waals surface area contributed by atoms with Crippen molar-refractivity contribution in [2.24, 2.45) is 0 Å². The van der Waals surface area contributed by atoms with Gasteiger partial charge < -0.3 is 5.32 Å². The van der Waals surface area contributed by atoms with Gasteiger partial charge in [0.25, 0.3) is 0 Å². The molecule has 2 aromatic carbocycles. The van der Waals surface area contributed by atoms with Gasteiger partial charge in [-0.3, -0.25) is 9.89 Å². The molecule has 2 N–H and O–H groups in total. The number of nitrogens with zero attached hydrogens (tertiary/aromatic N) is 2. The van der Waals surface area contributed by atoms with Gasteiger partial charge >= 0.3 is 0 Å². The maximum Gasteiger partial charge on any atom is 0.243 e. The molecule has 1 aliphatic rings. The van der Waals surface area contributed by atoms with Gasteiger partial charge in [-0.05, 0) is 43.0 Å². The van der Waals surface area contributed by atoms with E-state index in [0.29, 0.717) is 36.5 Å². The Labute approximate surface area is 163 Å². The highest BCUT2D eigenvalue weighted by atomic mass is 32.2. The van der Waals surface area contributed by atoms with Gasteiger partial charge in [-0.1, -0.05) is 24.3 Å². The first kappa shape index (κ1) is 18.6. The van der Waals surface area contributed by atoms with Crippen molar-refractivity contribution in [3.8, 4) is 0 Å². The predicted octanol–water partition coefficient (Wildman–Crippen LogP) is 2.92. The highest BCUT2D eigenvalue weighted by molar-refractivity contribution is 7.89. The number of rotatable bonds is 6. The second kappa shape index (κ2) is 7.73. The lowest BCUT2D eigenvalue weighted by molar-refractivity contribution is -0.116. The van der Waals surface area contributed by atoms with Crippen molar-refractivity contribution in [1.29, 1.82) is 0 Å². The van der Waals surface area contributed by atoms with Crippen LogP contribution in [0.3, 0.4) is 0 Å². The zero-order valence-electron chi connectivity index (χ0n) is 15.4. The minimum absolute atomic E-state index is 0.101. The molecule has 7 nitrogen and oxygen atoms in total. The molecule has 2 heterocycles. The van der Waals surface area contributed by atoms with Crippen LogP contribution in [0.2, 0.25) is 0 Å². The SMILES string of the molecule is O=C(CCc1ccc(S(=O)(=O)N2CCCC2)cc1)Nc1cccc2cn[nH]c12. The van der Waals surface area contributed by atoms with Crippen LogP contribution in [0.1, 0.15) is 24.8 Å². The summed E-state index contributed by atoms with van der Waals surface area (Å²) in [5.74, 6) is -0.101. The van der Waals surface area contributed by atoms with E-state index in [1.54, 1.807) is 30.5 Å². The minimum Gasteiger partial charge on any atom is -0.324 e. The van der Waals surface area contributed by atoms with E-state index in [9.17, 15) is 13.2 Å². The molecule has 3 aromatic rings. The molecule has 0 bridgehead atoms. The molecule has 1 aliphatic heterocycles. The van der Waals surface area contributed by atoms with Crippen LogP contribution in [-0.4, -0.2) is 41.9 Å². The maximum absolute atomic E-state index is 12.6. The fraction of sp³-hybridized carbons (Fsp3) is 0.300. The van der Waals surface area contributed by atoms with Crippen LogP contribution in [0, 0.1) is 0 Å². The van der Waals surface area contributed by atoms with Crippen molar-refractivity contribution in [2.45, 2.75) is 30.6 Å². The summed E-state index contributed by atoms with van der Waals surface area (Å²) in [6.07, 6.45) is 4.39. The summed E-state index contributed by atoms with van der Waals surface area (Å²) in [4.78, 5) is 12.6. The van der Waals surface area contributed by atoms with Gasteiger partial charge in [0.1, 0.15) is 0 Å². The monoisotopic (exact) mass is 398 g/mol. The Balaban J connectivity index is 1.37. The number of H-pyrrole nitrogens is 1. The Morgan fingerprint density at radius 2 is 1.86 bits per heavy atom. The Morgan fingerprint density at radius 1 is 1.11 bits per heavy atom. The standard InChI is InChI=1S/C20H22N4O3S/c25-19(22-18-5-3-4-16-14-21-23-20(16)18)11-8-15-6-9-17(10-7-15)28(26,27)24-12-1-2-13-24/h3-7,9-10,14H,1-2,8,11-13H2,(H,21,23)(H,22,25). The summed E-state index contributed by atoms with van der Waals surface area (Å²) in [6, 6.07) is 12.5. The first-order valence-electron chi connectivity index (χ1n) is 9.35. The molecule has 4 rings (SSSR count). The van der Waals surface area contributed by atoms with Gasteiger partial charge in [-0.2, -0.15) is 9.40 Å². The molecular formula is C20H22N4O3S. The minimum atomic E-state index is -3.40. The van der Waals surface area contributed by atoms with E-state index < -0.39 is 10.0 Å². The average molecular weight is 398 g/mol. The largest absolute Gasteiger partial charge is 0.324 e. The topological polar surface area (TPSA) is 95.2 Å². The number of amides is 1. The van der Waals surface area contributed by atoms with Gasteiger partial charge in [0.15, 0.2) is 0 Å². The van der Waals surface area contributed by atoms with Gasteiger partial charge in [0, 0.05) is 24.9 Å². The second-order valence-corrected chi connectivity index (χ2v) is 8.88. The number of anilines is 1. The van der Waals surface area contributed by atoms with Crippen LogP contribution < -0.4 is 5.32 Å². The number of aryl methyl sites for hydroxylation is 1. The maximum atomic E-state index is 12.6. The number of aromatic nitrogens is 2. The van der Waals surface area contributed by atoms with E-state index in [-0.39, 0.29) is 5.91 Å². The third-order valence-corrected chi connectivity index (χ3v) is 6.93. The number of carbonyl (C=O) groups excluding carboxylic acids is 1. The molecule has 1 fully saturated rings. The third kappa shape index (κ3) is 3.79. The fourth-order valence-electron chi connectivity index (χ4n) is 3.45. The lowest BCUT2D eigenvalue weighted by Crippen LogP contribution is -2.27. The zero-order valence-corrected chi connectivity index (χ0v) is 16.2. The van der Waals surface area contributed by atoms with Crippen molar-refractivity contribution in [3.63, 3.8) is 0 Å². The fourth-order valence-corrected chi connectivity index (χ4v) is 4.97. The normalized spacial score (nSPS) is 15.1. The molecule has 0 saturated carbocycles. The van der Waals surface area contributed by atoms with Crippen molar-refractivity contribution < 1.29 is 13.2 Å². The number of fused-ring (bicyclic) bond motifs is 1. The second-order valence-electron chi connectivity index (χ2n) is 6.94. The van der Waals surface area contributed by atoms with E-state index in [2.05, 4.69) is 15.5 Å². The van der Waals surface area contributed by atoms with Crippen LogP contribution in [0.25, 0.3) is 10.9 Å². The zero-order chi connectivity index (χ0) is 19.6. The van der Waals surface area contributed by atoms with Crippen molar-refractivity contribution >= 4 is 32.5 Å². The van der Waals surface area contributed by atoms with Crippen LogP contribution in [0.15, 0.2) is 53.6 Å². The number of para-hydroxylation sites is 1. The Morgan fingerprint density at radius 3 is 2.61 bits per heavy atom. The molecule has 0 unspecified atom stereocenters. The van der Waals surface area contributed by atoms with Crippen molar-refractivity contribution in [2.75, 3.05) is 18.4 Å². The van der Waals surface area contributed by atoms with E-state index in [1.165, 1.54) is 4.31 Å². The molecule has 146 valence electrons. The lowest BCUT2D eigenvalue weighted by atomic mass is 10.1. The number of carbonyl (C=O) groups is 1. The summed E-state index contributed by atoms with van der Waals surface area (Å²) >= 11 is 0. The number of sulfonamides is 1. The van der Waals surface area contributed by atoms with E-state index >= 15 is 0 Å². The molecule has 0 spiro atoms. The molecular weight excluding hydrogens is 376 g/mol. The highest BCUT2D eigenvalue weighted by Gasteiger charge is 2.26. The van der Waals surface area contributed by atoms with E-state index in [1.807, 2.05) is 18.2 Å². The summed E-state index contributed by atoms with van der Waals surface area (Å²) in [5.41, 5.74) is 2.43. The molecule has 1 saturated heterocycles. The van der Waals surface area contributed by atoms with Gasteiger partial charge in [-0.15, -0.1) is 0 Å². The molecule has 0 aliphatic carbocycles. The van der Waals surface area contributed by atoms with Crippen LogP contribution in [0.5, 0.6) is 0 Å². The summed E-state index contributed by atoms with van der Waals surface area (Å²) in [6.45, 7) is 1.18. The summed E-state index contributed by atoms with van der Waals surface area (Å²) in [5, 5.41) is 10.7. The first-order valence-corrected chi connectivity index (χ1v) is 10.8. The van der Waals surface area contributed by atoms with Crippen molar-refractivity contribution in [1.82, 2.24) is 14.5 Å². The number of hydrogen-bond donors (Lipinski definition) is 2. The highest BCUT2D eigenvalue weighted by Crippen LogP contribution is 2.22. The molecule has 8 heteroatoms. The smallest absolute Gasteiger partial charge is 0.243 e. The van der Waals surface area contributed by atoms with E-state index in [0.717, 1.165) is 29.3 Å².